The zero-order valence-corrected chi connectivity index (χ0v) is 22.8. The number of nitrogens with zero attached hydrogens (tertiary/aromatic N) is 2. The lowest BCUT2D eigenvalue weighted by Gasteiger charge is -2.30. The van der Waals surface area contributed by atoms with E-state index in [1.165, 1.54) is 33.4 Å². The van der Waals surface area contributed by atoms with Gasteiger partial charge >= 0.3 is 4.87 Å². The van der Waals surface area contributed by atoms with Crippen LogP contribution in [0.2, 0.25) is 0 Å². The maximum absolute atomic E-state index is 13.9. The lowest BCUT2D eigenvalue weighted by Crippen LogP contribution is -2.33. The van der Waals surface area contributed by atoms with E-state index in [1.54, 1.807) is 43.5 Å². The number of ether oxygens (including phenoxy) is 1. The van der Waals surface area contributed by atoms with E-state index in [4.69, 9.17) is 4.74 Å². The zero-order chi connectivity index (χ0) is 28.0. The zero-order valence-electron chi connectivity index (χ0n) is 21.1. The first-order valence-corrected chi connectivity index (χ1v) is 14.1. The summed E-state index contributed by atoms with van der Waals surface area (Å²) in [6, 6.07) is 22.1. The van der Waals surface area contributed by atoms with Crippen molar-refractivity contribution in [2.75, 3.05) is 17.3 Å². The fraction of sp³-hybridized carbons (Fsp3) is 0.172. The van der Waals surface area contributed by atoms with Crippen molar-refractivity contribution in [1.29, 1.82) is 0 Å². The van der Waals surface area contributed by atoms with Crippen molar-refractivity contribution in [2.24, 2.45) is 5.92 Å². The smallest absolute Gasteiger partial charge is 0.308 e. The Morgan fingerprint density at radius 2 is 1.65 bits per heavy atom. The SMILES string of the molecule is COc1ccc(N2C(=O)C3Sc4c(sc(=O)n4CC(=O)Nc4ccc(O)cc4)[C@H](c4ccccc4)C3C2=O)cc1. The summed E-state index contributed by atoms with van der Waals surface area (Å²) in [5.74, 6) is -1.69. The van der Waals surface area contributed by atoms with E-state index in [0.717, 1.165) is 16.9 Å². The third-order valence-electron chi connectivity index (χ3n) is 6.99. The number of thiazole rings is 1. The van der Waals surface area contributed by atoms with Crippen LogP contribution in [0.15, 0.2) is 88.7 Å². The molecule has 3 heterocycles. The third-order valence-corrected chi connectivity index (χ3v) is 9.60. The highest BCUT2D eigenvalue weighted by molar-refractivity contribution is 8.00. The predicted octanol–water partition coefficient (Wildman–Crippen LogP) is 4.06. The molecule has 9 nitrogen and oxygen atoms in total. The Hall–Kier alpha value is -4.35. The number of aromatic hydroxyl groups is 1. The number of anilines is 2. The maximum atomic E-state index is 13.9. The first-order chi connectivity index (χ1) is 19.4. The van der Waals surface area contributed by atoms with Crippen molar-refractivity contribution < 1.29 is 24.2 Å². The molecule has 1 fully saturated rings. The van der Waals surface area contributed by atoms with Gasteiger partial charge in [-0.05, 0) is 54.1 Å². The monoisotopic (exact) mass is 573 g/mol. The van der Waals surface area contributed by atoms with Crippen LogP contribution in [0.25, 0.3) is 0 Å². The summed E-state index contributed by atoms with van der Waals surface area (Å²) in [5, 5.41) is 12.0. The summed E-state index contributed by atoms with van der Waals surface area (Å²) >= 11 is 2.16. The number of fused-ring (bicyclic) bond motifs is 2. The third kappa shape index (κ3) is 4.46. The number of amides is 3. The van der Waals surface area contributed by atoms with Crippen molar-refractivity contribution >= 4 is 52.2 Å². The van der Waals surface area contributed by atoms with Gasteiger partial charge in [-0.2, -0.15) is 0 Å². The Morgan fingerprint density at radius 1 is 0.950 bits per heavy atom. The molecule has 0 radical (unpaired) electrons. The Morgan fingerprint density at radius 3 is 2.33 bits per heavy atom. The minimum atomic E-state index is -0.771. The van der Waals surface area contributed by atoms with Crippen LogP contribution in [-0.2, 0) is 20.9 Å². The average Bonchev–Trinajstić information content (AvgIpc) is 3.41. The molecule has 2 N–H and O–H groups in total. The molecule has 0 spiro atoms. The van der Waals surface area contributed by atoms with Gasteiger partial charge in [0.05, 0.1) is 23.7 Å². The van der Waals surface area contributed by atoms with E-state index in [9.17, 15) is 24.3 Å². The quantitative estimate of drug-likeness (QED) is 0.264. The van der Waals surface area contributed by atoms with Gasteiger partial charge in [0.25, 0.3) is 0 Å². The molecular weight excluding hydrogens is 550 g/mol. The molecule has 6 rings (SSSR count). The first-order valence-electron chi connectivity index (χ1n) is 12.4. The summed E-state index contributed by atoms with van der Waals surface area (Å²) in [4.78, 5) is 55.3. The number of methoxy groups -OCH3 is 1. The van der Waals surface area contributed by atoms with Gasteiger partial charge in [-0.3, -0.25) is 23.7 Å². The van der Waals surface area contributed by atoms with Gasteiger partial charge in [0.2, 0.25) is 17.7 Å². The predicted molar refractivity (Wildman–Crippen MR) is 152 cm³/mol. The molecule has 0 saturated carbocycles. The fourth-order valence-electron chi connectivity index (χ4n) is 5.15. The molecule has 4 aromatic rings. The molecule has 2 unspecified atom stereocenters. The minimum Gasteiger partial charge on any atom is -0.508 e. The van der Waals surface area contributed by atoms with E-state index in [1.807, 2.05) is 30.3 Å². The van der Waals surface area contributed by atoms with Crippen LogP contribution in [0.5, 0.6) is 11.5 Å². The van der Waals surface area contributed by atoms with E-state index < -0.39 is 23.0 Å². The van der Waals surface area contributed by atoms with Crippen molar-refractivity contribution in [3.8, 4) is 11.5 Å². The number of hydrogen-bond donors (Lipinski definition) is 2. The number of hydrogen-bond acceptors (Lipinski definition) is 8. The highest BCUT2D eigenvalue weighted by Gasteiger charge is 2.56. The van der Waals surface area contributed by atoms with Crippen molar-refractivity contribution in [2.45, 2.75) is 22.7 Å². The molecule has 2 aliphatic heterocycles. The normalized spacial score (nSPS) is 19.7. The lowest BCUT2D eigenvalue weighted by molar-refractivity contribution is -0.122. The number of carbonyl (C=O) groups is 3. The number of thioether (sulfide) groups is 1. The van der Waals surface area contributed by atoms with Crippen molar-refractivity contribution in [3.05, 3.63) is 99.0 Å². The van der Waals surface area contributed by atoms with Crippen molar-refractivity contribution in [1.82, 2.24) is 4.57 Å². The average molecular weight is 574 g/mol. The van der Waals surface area contributed by atoms with E-state index >= 15 is 0 Å². The fourth-order valence-corrected chi connectivity index (χ4v) is 7.92. The van der Waals surface area contributed by atoms with Crippen LogP contribution in [0.4, 0.5) is 11.4 Å². The van der Waals surface area contributed by atoms with E-state index in [0.29, 0.717) is 27.0 Å². The molecule has 2 aliphatic rings. The second-order valence-corrected chi connectivity index (χ2v) is 11.5. The highest BCUT2D eigenvalue weighted by atomic mass is 32.2. The molecule has 202 valence electrons. The summed E-state index contributed by atoms with van der Waals surface area (Å²) in [6.45, 7) is -0.262. The molecule has 0 aliphatic carbocycles. The van der Waals surface area contributed by atoms with Gasteiger partial charge in [0, 0.05) is 16.5 Å². The van der Waals surface area contributed by atoms with Gasteiger partial charge < -0.3 is 15.2 Å². The number of aromatic nitrogens is 1. The van der Waals surface area contributed by atoms with Crippen LogP contribution < -0.4 is 19.8 Å². The van der Waals surface area contributed by atoms with E-state index in [2.05, 4.69) is 5.32 Å². The number of rotatable bonds is 6. The molecule has 3 aromatic carbocycles. The Kier molecular flexibility index (Phi) is 6.68. The molecule has 3 atom stereocenters. The molecule has 1 saturated heterocycles. The molecule has 0 bridgehead atoms. The Bertz CT molecular complexity index is 1660. The van der Waals surface area contributed by atoms with E-state index in [-0.39, 0.29) is 29.0 Å². The van der Waals surface area contributed by atoms with Crippen LogP contribution in [0, 0.1) is 5.92 Å². The molecular formula is C29H23N3O6S2. The van der Waals surface area contributed by atoms with Crippen LogP contribution >= 0.6 is 23.1 Å². The number of phenolic OH excluding ortho intramolecular Hbond substituents is 1. The van der Waals surface area contributed by atoms with Crippen LogP contribution in [-0.4, -0.2) is 39.8 Å². The number of carbonyl (C=O) groups excluding carboxylic acids is 3. The number of imide groups is 1. The van der Waals surface area contributed by atoms with Crippen LogP contribution in [0.1, 0.15) is 16.4 Å². The number of phenols is 1. The summed E-state index contributed by atoms with van der Waals surface area (Å²) in [6.07, 6.45) is 0. The van der Waals surface area contributed by atoms with Gasteiger partial charge in [-0.25, -0.2) is 4.90 Å². The molecule has 1 aromatic heterocycles. The van der Waals surface area contributed by atoms with Gasteiger partial charge in [-0.15, -0.1) is 0 Å². The standard InChI is InChI=1S/C29H23N3O6S2/c1-38-20-13-9-18(10-14-20)32-26(35)23-22(16-5-3-2-4-6-16)25-28(39-24(23)27(32)36)31(29(37)40-25)15-21(34)30-17-7-11-19(33)12-8-17/h2-14,22-24,33H,15H2,1H3,(H,30,34)/t22-,23?,24?/m1/s1. The molecule has 11 heteroatoms. The van der Waals surface area contributed by atoms with Gasteiger partial charge in [0.15, 0.2) is 0 Å². The lowest BCUT2D eigenvalue weighted by atomic mass is 9.83. The number of nitrogens with one attached hydrogen (secondary N) is 1. The highest BCUT2D eigenvalue weighted by Crippen LogP contribution is 2.53. The summed E-state index contributed by atoms with van der Waals surface area (Å²) in [5.41, 5.74) is 1.74. The Balaban J connectivity index is 1.38. The Labute approximate surface area is 237 Å². The van der Waals surface area contributed by atoms with Gasteiger partial charge in [0.1, 0.15) is 23.3 Å². The largest absolute Gasteiger partial charge is 0.508 e. The van der Waals surface area contributed by atoms with Gasteiger partial charge in [-0.1, -0.05) is 53.4 Å². The van der Waals surface area contributed by atoms with Crippen molar-refractivity contribution in [3.63, 3.8) is 0 Å². The second kappa shape index (κ2) is 10.3. The molecule has 3 amide bonds. The second-order valence-electron chi connectivity index (χ2n) is 9.38. The maximum Gasteiger partial charge on any atom is 0.308 e. The minimum absolute atomic E-state index is 0.0680. The van der Waals surface area contributed by atoms with Crippen LogP contribution in [0.3, 0.4) is 0 Å². The number of benzene rings is 3. The summed E-state index contributed by atoms with van der Waals surface area (Å²) < 4.78 is 6.59. The first kappa shape index (κ1) is 25.9. The topological polar surface area (TPSA) is 118 Å². The molecule has 40 heavy (non-hydrogen) atoms. The summed E-state index contributed by atoms with van der Waals surface area (Å²) in [7, 11) is 1.54.